The molecule has 0 unspecified atom stereocenters. The Labute approximate surface area is 174 Å². The summed E-state index contributed by atoms with van der Waals surface area (Å²) in [5.41, 5.74) is 11.0. The highest BCUT2D eigenvalue weighted by Gasteiger charge is 2.16. The van der Waals surface area contributed by atoms with E-state index in [2.05, 4.69) is 88.4 Å². The third-order valence-electron chi connectivity index (χ3n) is 6.46. The largest absolute Gasteiger partial charge is 0.456 e. The van der Waals surface area contributed by atoms with Gasteiger partial charge < -0.3 is 8.83 Å². The number of rotatable bonds is 1. The maximum atomic E-state index is 6.31. The number of aryl methyl sites for hydroxylation is 4. The van der Waals surface area contributed by atoms with Gasteiger partial charge in [0.1, 0.15) is 22.3 Å². The van der Waals surface area contributed by atoms with E-state index in [0.717, 1.165) is 22.3 Å². The van der Waals surface area contributed by atoms with Crippen molar-refractivity contribution in [2.45, 2.75) is 27.7 Å². The highest BCUT2D eigenvalue weighted by molar-refractivity contribution is 6.11. The summed E-state index contributed by atoms with van der Waals surface area (Å²) in [5, 5.41) is 4.78. The molecule has 0 radical (unpaired) electrons. The van der Waals surface area contributed by atoms with Crippen molar-refractivity contribution in [1.82, 2.24) is 0 Å². The van der Waals surface area contributed by atoms with Crippen LogP contribution >= 0.6 is 0 Å². The molecule has 0 aliphatic heterocycles. The lowest BCUT2D eigenvalue weighted by molar-refractivity contribution is 0.665. The second-order valence-electron chi connectivity index (χ2n) is 8.38. The minimum absolute atomic E-state index is 0.937. The van der Waals surface area contributed by atoms with Crippen molar-refractivity contribution in [2.75, 3.05) is 0 Å². The Morgan fingerprint density at radius 2 is 1.33 bits per heavy atom. The molecule has 0 aliphatic rings. The molecule has 6 rings (SSSR count). The number of fused-ring (bicyclic) bond motifs is 6. The van der Waals surface area contributed by atoms with Gasteiger partial charge in [-0.05, 0) is 79.3 Å². The second-order valence-corrected chi connectivity index (χ2v) is 8.38. The minimum Gasteiger partial charge on any atom is -0.456 e. The molecule has 0 aliphatic carbocycles. The smallest absolute Gasteiger partial charge is 0.138 e. The maximum Gasteiger partial charge on any atom is 0.138 e. The van der Waals surface area contributed by atoms with E-state index < -0.39 is 0 Å². The van der Waals surface area contributed by atoms with Gasteiger partial charge in [0.2, 0.25) is 0 Å². The van der Waals surface area contributed by atoms with Crippen molar-refractivity contribution in [2.24, 2.45) is 0 Å². The van der Waals surface area contributed by atoms with Gasteiger partial charge in [-0.3, -0.25) is 0 Å². The van der Waals surface area contributed by atoms with Crippen molar-refractivity contribution < 1.29 is 8.83 Å². The SMILES string of the molecule is Cc1cccc2c1oc1ccc(-c3ccc4c(c3)oc3c(C)ccc(C)c34)c(C)c12. The normalized spacial score (nSPS) is 12.0. The van der Waals surface area contributed by atoms with Crippen LogP contribution < -0.4 is 0 Å². The molecule has 0 atom stereocenters. The molecule has 0 saturated heterocycles. The van der Waals surface area contributed by atoms with Crippen molar-refractivity contribution in [3.05, 3.63) is 82.9 Å². The van der Waals surface area contributed by atoms with Crippen LogP contribution in [0, 0.1) is 27.7 Å². The Kier molecular flexibility index (Phi) is 3.47. The maximum absolute atomic E-state index is 6.31. The summed E-state index contributed by atoms with van der Waals surface area (Å²) in [6.45, 7) is 8.54. The van der Waals surface area contributed by atoms with Crippen molar-refractivity contribution in [3.8, 4) is 11.1 Å². The fraction of sp³-hybridized carbons (Fsp3) is 0.143. The Hall–Kier alpha value is -3.52. The number of furan rings is 2. The zero-order chi connectivity index (χ0) is 20.6. The molecule has 0 fully saturated rings. The first kappa shape index (κ1) is 17.3. The summed E-state index contributed by atoms with van der Waals surface area (Å²) in [4.78, 5) is 0. The van der Waals surface area contributed by atoms with Gasteiger partial charge in [0.25, 0.3) is 0 Å². The lowest BCUT2D eigenvalue weighted by atomic mass is 9.95. The van der Waals surface area contributed by atoms with E-state index in [0.29, 0.717) is 0 Å². The van der Waals surface area contributed by atoms with Crippen LogP contribution in [0.1, 0.15) is 22.3 Å². The first-order chi connectivity index (χ1) is 14.5. The van der Waals surface area contributed by atoms with E-state index in [1.54, 1.807) is 0 Å². The zero-order valence-corrected chi connectivity index (χ0v) is 17.6. The van der Waals surface area contributed by atoms with Gasteiger partial charge in [0, 0.05) is 21.5 Å². The Morgan fingerprint density at radius 3 is 2.20 bits per heavy atom. The number of hydrogen-bond acceptors (Lipinski definition) is 2. The van der Waals surface area contributed by atoms with E-state index in [4.69, 9.17) is 8.83 Å². The van der Waals surface area contributed by atoms with Gasteiger partial charge >= 0.3 is 0 Å². The van der Waals surface area contributed by atoms with Gasteiger partial charge in [0.05, 0.1) is 0 Å². The molecule has 2 aromatic heterocycles. The summed E-state index contributed by atoms with van der Waals surface area (Å²) >= 11 is 0. The molecule has 2 nitrogen and oxygen atoms in total. The predicted octanol–water partition coefficient (Wildman–Crippen LogP) is 8.39. The van der Waals surface area contributed by atoms with Crippen molar-refractivity contribution in [3.63, 3.8) is 0 Å². The molecule has 0 bridgehead atoms. The molecule has 0 amide bonds. The lowest BCUT2D eigenvalue weighted by Gasteiger charge is -2.07. The molecular formula is C28H22O2. The average Bonchev–Trinajstić information content (AvgIpc) is 3.31. The number of para-hydroxylation sites is 1. The molecular weight excluding hydrogens is 368 g/mol. The van der Waals surface area contributed by atoms with Crippen LogP contribution in [-0.4, -0.2) is 0 Å². The molecule has 2 heterocycles. The van der Waals surface area contributed by atoms with Crippen LogP contribution in [-0.2, 0) is 0 Å². The van der Waals surface area contributed by atoms with Crippen molar-refractivity contribution in [1.29, 1.82) is 0 Å². The highest BCUT2D eigenvalue weighted by Crippen LogP contribution is 2.39. The molecule has 4 aromatic carbocycles. The molecule has 30 heavy (non-hydrogen) atoms. The van der Waals surface area contributed by atoms with Crippen LogP contribution in [0.2, 0.25) is 0 Å². The van der Waals surface area contributed by atoms with E-state index in [-0.39, 0.29) is 0 Å². The minimum atomic E-state index is 0.937. The first-order valence-corrected chi connectivity index (χ1v) is 10.4. The van der Waals surface area contributed by atoms with Gasteiger partial charge in [0.15, 0.2) is 0 Å². The van der Waals surface area contributed by atoms with E-state index in [1.165, 1.54) is 54.9 Å². The highest BCUT2D eigenvalue weighted by atomic mass is 16.3. The number of hydrogen-bond donors (Lipinski definition) is 0. The van der Waals surface area contributed by atoms with E-state index in [1.807, 2.05) is 0 Å². The number of benzene rings is 4. The quantitative estimate of drug-likeness (QED) is 0.282. The van der Waals surface area contributed by atoms with Gasteiger partial charge in [-0.2, -0.15) is 0 Å². The van der Waals surface area contributed by atoms with Crippen LogP contribution in [0.25, 0.3) is 55.0 Å². The fourth-order valence-corrected chi connectivity index (χ4v) is 4.86. The van der Waals surface area contributed by atoms with Crippen LogP contribution in [0.3, 0.4) is 0 Å². The topological polar surface area (TPSA) is 26.3 Å². The standard InChI is InChI=1S/C28H22O2/c1-15-8-9-17(3)28-25(15)21-11-10-19(14-24(21)30-28)20-12-13-23-26(18(20)4)22-7-5-6-16(2)27(22)29-23/h5-14H,1-4H3. The summed E-state index contributed by atoms with van der Waals surface area (Å²) < 4.78 is 12.5. The first-order valence-electron chi connectivity index (χ1n) is 10.4. The third kappa shape index (κ3) is 2.25. The third-order valence-corrected chi connectivity index (χ3v) is 6.46. The monoisotopic (exact) mass is 390 g/mol. The van der Waals surface area contributed by atoms with Crippen molar-refractivity contribution >= 4 is 43.9 Å². The van der Waals surface area contributed by atoms with E-state index >= 15 is 0 Å². The molecule has 146 valence electrons. The average molecular weight is 390 g/mol. The van der Waals surface area contributed by atoms with Gasteiger partial charge in [-0.1, -0.05) is 42.5 Å². The molecule has 2 heteroatoms. The fourth-order valence-electron chi connectivity index (χ4n) is 4.86. The lowest BCUT2D eigenvalue weighted by Crippen LogP contribution is -1.85. The Balaban J connectivity index is 1.63. The molecule has 6 aromatic rings. The molecule has 0 spiro atoms. The summed E-state index contributed by atoms with van der Waals surface area (Å²) in [6.07, 6.45) is 0. The van der Waals surface area contributed by atoms with Crippen LogP contribution in [0.5, 0.6) is 0 Å². The molecule has 0 saturated carbocycles. The molecule has 0 N–H and O–H groups in total. The van der Waals surface area contributed by atoms with Gasteiger partial charge in [-0.25, -0.2) is 0 Å². The second kappa shape index (κ2) is 5.99. The predicted molar refractivity (Wildman–Crippen MR) is 125 cm³/mol. The summed E-state index contributed by atoms with van der Waals surface area (Å²) in [5.74, 6) is 0. The Morgan fingerprint density at radius 1 is 0.567 bits per heavy atom. The zero-order valence-electron chi connectivity index (χ0n) is 17.6. The van der Waals surface area contributed by atoms with Gasteiger partial charge in [-0.15, -0.1) is 0 Å². The Bertz CT molecular complexity index is 1630. The van der Waals surface area contributed by atoms with E-state index in [9.17, 15) is 0 Å². The van der Waals surface area contributed by atoms with Crippen LogP contribution in [0.15, 0.2) is 69.5 Å². The summed E-state index contributed by atoms with van der Waals surface area (Å²) in [7, 11) is 0. The summed E-state index contributed by atoms with van der Waals surface area (Å²) in [6, 6.07) is 21.5. The van der Waals surface area contributed by atoms with Crippen LogP contribution in [0.4, 0.5) is 0 Å².